The first-order chi connectivity index (χ1) is 10.1. The topological polar surface area (TPSA) is 93.5 Å². The number of anilines is 1. The number of nitrogens with zero attached hydrogens (tertiary/aromatic N) is 1. The molecule has 0 spiro atoms. The van der Waals surface area contributed by atoms with E-state index in [4.69, 9.17) is 9.15 Å². The van der Waals surface area contributed by atoms with Crippen molar-refractivity contribution in [3.8, 4) is 5.75 Å². The van der Waals surface area contributed by atoms with Crippen LogP contribution in [0.2, 0.25) is 0 Å². The molecule has 2 N–H and O–H groups in total. The maximum absolute atomic E-state index is 12.3. The van der Waals surface area contributed by atoms with Crippen molar-refractivity contribution < 1.29 is 18.7 Å². The van der Waals surface area contributed by atoms with E-state index in [0.29, 0.717) is 17.3 Å². The van der Waals surface area contributed by atoms with Crippen LogP contribution >= 0.6 is 0 Å². The molecule has 2 aromatic rings. The summed E-state index contributed by atoms with van der Waals surface area (Å²) in [6.45, 7) is 1.59. The number of hydrogen-bond donors (Lipinski definition) is 2. The minimum Gasteiger partial charge on any atom is -0.467 e. The average Bonchev–Trinajstić information content (AvgIpc) is 2.99. The number of carbonyl (C=O) groups is 2. The summed E-state index contributed by atoms with van der Waals surface area (Å²) in [7, 11) is 0. The number of rotatable bonds is 3. The Hall–Kier alpha value is -2.83. The van der Waals surface area contributed by atoms with Crippen LogP contribution in [0.15, 0.2) is 41.1 Å². The molecule has 7 heteroatoms. The van der Waals surface area contributed by atoms with Crippen molar-refractivity contribution in [1.29, 1.82) is 0 Å². The Morgan fingerprint density at radius 2 is 2.29 bits per heavy atom. The number of amides is 2. The third-order valence-electron chi connectivity index (χ3n) is 3.19. The Labute approximate surface area is 120 Å². The fourth-order valence-electron chi connectivity index (χ4n) is 1.96. The van der Waals surface area contributed by atoms with Crippen LogP contribution in [0.25, 0.3) is 0 Å². The second-order valence-corrected chi connectivity index (χ2v) is 4.70. The van der Waals surface area contributed by atoms with Crippen LogP contribution in [-0.2, 0) is 16.1 Å². The molecule has 3 heterocycles. The first-order valence-corrected chi connectivity index (χ1v) is 6.36. The molecule has 0 saturated heterocycles. The fourth-order valence-corrected chi connectivity index (χ4v) is 1.96. The largest absolute Gasteiger partial charge is 0.467 e. The molecule has 1 aliphatic rings. The van der Waals surface area contributed by atoms with Gasteiger partial charge in [0.05, 0.1) is 12.8 Å². The number of carbonyl (C=O) groups excluding carboxylic acids is 2. The van der Waals surface area contributed by atoms with Gasteiger partial charge in [-0.25, -0.2) is 4.98 Å². The van der Waals surface area contributed by atoms with Gasteiger partial charge >= 0.3 is 0 Å². The number of aromatic nitrogens is 1. The molecule has 1 atom stereocenters. The summed E-state index contributed by atoms with van der Waals surface area (Å²) in [4.78, 5) is 28.4. The molecular weight excluding hydrogens is 274 g/mol. The van der Waals surface area contributed by atoms with Gasteiger partial charge in [0.25, 0.3) is 17.4 Å². The van der Waals surface area contributed by atoms with Crippen molar-refractivity contribution in [3.63, 3.8) is 0 Å². The van der Waals surface area contributed by atoms with Crippen molar-refractivity contribution >= 4 is 17.6 Å². The van der Waals surface area contributed by atoms with E-state index in [1.165, 1.54) is 19.4 Å². The van der Waals surface area contributed by atoms with Gasteiger partial charge in [0, 0.05) is 6.20 Å². The third-order valence-corrected chi connectivity index (χ3v) is 3.19. The van der Waals surface area contributed by atoms with E-state index in [-0.39, 0.29) is 6.54 Å². The monoisotopic (exact) mass is 287 g/mol. The van der Waals surface area contributed by atoms with Crippen LogP contribution in [0.3, 0.4) is 0 Å². The lowest BCUT2D eigenvalue weighted by molar-refractivity contribution is -0.146. The molecule has 0 bridgehead atoms. The second kappa shape index (κ2) is 4.93. The molecule has 1 aliphatic heterocycles. The summed E-state index contributed by atoms with van der Waals surface area (Å²) in [5.41, 5.74) is -1.65. The van der Waals surface area contributed by atoms with Crippen LogP contribution in [0.5, 0.6) is 5.75 Å². The van der Waals surface area contributed by atoms with Crippen molar-refractivity contribution in [2.45, 2.75) is 19.1 Å². The first-order valence-electron chi connectivity index (χ1n) is 6.36. The number of nitrogens with one attached hydrogen (secondary N) is 2. The molecule has 2 aromatic heterocycles. The quantitative estimate of drug-likeness (QED) is 0.824. The maximum atomic E-state index is 12.3. The van der Waals surface area contributed by atoms with E-state index in [2.05, 4.69) is 15.6 Å². The lowest BCUT2D eigenvalue weighted by atomic mass is 10.0. The molecule has 7 nitrogen and oxygen atoms in total. The minimum atomic E-state index is -1.65. The van der Waals surface area contributed by atoms with Gasteiger partial charge in [0.15, 0.2) is 11.6 Å². The smallest absolute Gasteiger partial charge is 0.279 e. The fraction of sp³-hybridized carbons (Fsp3) is 0.214. The highest BCUT2D eigenvalue weighted by atomic mass is 16.5. The van der Waals surface area contributed by atoms with Gasteiger partial charge in [-0.3, -0.25) is 9.59 Å². The molecule has 0 saturated carbocycles. The second-order valence-electron chi connectivity index (χ2n) is 4.70. The summed E-state index contributed by atoms with van der Waals surface area (Å²) >= 11 is 0. The van der Waals surface area contributed by atoms with E-state index < -0.39 is 17.4 Å². The van der Waals surface area contributed by atoms with Crippen molar-refractivity contribution in [1.82, 2.24) is 10.3 Å². The number of hydrogen-bond acceptors (Lipinski definition) is 5. The summed E-state index contributed by atoms with van der Waals surface area (Å²) in [6.07, 6.45) is 3.04. The van der Waals surface area contributed by atoms with Gasteiger partial charge in [0.1, 0.15) is 5.76 Å². The highest BCUT2D eigenvalue weighted by Gasteiger charge is 2.47. The number of pyridine rings is 1. The standard InChI is InChI=1S/C14H13N3O4/c1-14(12(18)16-8-9-4-3-7-20-9)13(19)17-11-10(21-14)5-2-6-15-11/h2-7H,8H2,1H3,(H,16,18)(H,15,17,19)/t14-/m0/s1. The van der Waals surface area contributed by atoms with Gasteiger partial charge in [-0.1, -0.05) is 0 Å². The summed E-state index contributed by atoms with van der Waals surface area (Å²) < 4.78 is 10.7. The summed E-state index contributed by atoms with van der Waals surface area (Å²) in [5.74, 6) is 0.133. The van der Waals surface area contributed by atoms with Crippen molar-refractivity contribution in [3.05, 3.63) is 42.5 Å². The van der Waals surface area contributed by atoms with Crippen LogP contribution < -0.4 is 15.4 Å². The van der Waals surface area contributed by atoms with Crippen molar-refractivity contribution in [2.75, 3.05) is 5.32 Å². The highest BCUT2D eigenvalue weighted by molar-refractivity contribution is 6.14. The Balaban J connectivity index is 1.77. The van der Waals surface area contributed by atoms with Gasteiger partial charge < -0.3 is 19.8 Å². The third kappa shape index (κ3) is 2.33. The Morgan fingerprint density at radius 1 is 1.43 bits per heavy atom. The summed E-state index contributed by atoms with van der Waals surface area (Å²) in [6, 6.07) is 6.75. The Bertz CT molecular complexity index is 683. The van der Waals surface area contributed by atoms with Crippen LogP contribution in [-0.4, -0.2) is 22.4 Å². The van der Waals surface area contributed by atoms with Crippen molar-refractivity contribution in [2.24, 2.45) is 0 Å². The molecule has 0 aliphatic carbocycles. The Kier molecular flexibility index (Phi) is 3.09. The zero-order valence-corrected chi connectivity index (χ0v) is 11.3. The van der Waals surface area contributed by atoms with Gasteiger partial charge in [-0.2, -0.15) is 0 Å². The van der Waals surface area contributed by atoms with E-state index in [1.54, 1.807) is 24.3 Å². The van der Waals surface area contributed by atoms with E-state index in [0.717, 1.165) is 0 Å². The maximum Gasteiger partial charge on any atom is 0.279 e. The summed E-state index contributed by atoms with van der Waals surface area (Å²) in [5, 5.41) is 5.18. The lowest BCUT2D eigenvalue weighted by Crippen LogP contribution is -2.58. The predicted molar refractivity (Wildman–Crippen MR) is 72.5 cm³/mol. The molecule has 0 radical (unpaired) electrons. The zero-order chi connectivity index (χ0) is 14.9. The van der Waals surface area contributed by atoms with Gasteiger partial charge in [-0.05, 0) is 31.2 Å². The number of furan rings is 1. The number of fused-ring (bicyclic) bond motifs is 1. The molecule has 2 amide bonds. The SMILES string of the molecule is C[C@@]1(C(=O)NCc2ccco2)Oc2cccnc2NC1=O. The first kappa shape index (κ1) is 13.2. The normalized spacial score (nSPS) is 20.1. The van der Waals surface area contributed by atoms with E-state index in [9.17, 15) is 9.59 Å². The highest BCUT2D eigenvalue weighted by Crippen LogP contribution is 2.31. The lowest BCUT2D eigenvalue weighted by Gasteiger charge is -2.32. The zero-order valence-electron chi connectivity index (χ0n) is 11.3. The minimum absolute atomic E-state index is 0.179. The van der Waals surface area contributed by atoms with Gasteiger partial charge in [-0.15, -0.1) is 0 Å². The molecule has 108 valence electrons. The molecular formula is C14H13N3O4. The molecule has 0 unspecified atom stereocenters. The van der Waals surface area contributed by atoms with Crippen LogP contribution in [0.1, 0.15) is 12.7 Å². The van der Waals surface area contributed by atoms with Gasteiger partial charge in [0.2, 0.25) is 0 Å². The predicted octanol–water partition coefficient (Wildman–Crippen LogP) is 1.08. The average molecular weight is 287 g/mol. The van der Waals surface area contributed by atoms with Crippen LogP contribution in [0, 0.1) is 0 Å². The van der Waals surface area contributed by atoms with E-state index >= 15 is 0 Å². The number of ether oxygens (including phenoxy) is 1. The molecule has 21 heavy (non-hydrogen) atoms. The molecule has 0 fully saturated rings. The van der Waals surface area contributed by atoms with Crippen LogP contribution in [0.4, 0.5) is 5.82 Å². The molecule has 0 aromatic carbocycles. The van der Waals surface area contributed by atoms with E-state index in [1.807, 2.05) is 0 Å². The Morgan fingerprint density at radius 3 is 3.05 bits per heavy atom. The molecule has 3 rings (SSSR count).